The van der Waals surface area contributed by atoms with Gasteiger partial charge in [0.15, 0.2) is 5.82 Å². The van der Waals surface area contributed by atoms with Crippen molar-refractivity contribution in [3.05, 3.63) is 28.3 Å². The van der Waals surface area contributed by atoms with E-state index in [9.17, 15) is 4.79 Å². The van der Waals surface area contributed by atoms with Gasteiger partial charge in [0.1, 0.15) is 0 Å². The normalized spacial score (nSPS) is 11.0. The van der Waals surface area contributed by atoms with Crippen molar-refractivity contribution in [3.8, 4) is 11.5 Å². The van der Waals surface area contributed by atoms with Crippen molar-refractivity contribution in [2.24, 2.45) is 7.05 Å². The number of amides is 1. The van der Waals surface area contributed by atoms with Gasteiger partial charge in [-0.25, -0.2) is 4.98 Å². The molecule has 0 radical (unpaired) electrons. The molecule has 3 heterocycles. The van der Waals surface area contributed by atoms with Crippen molar-refractivity contribution in [2.75, 3.05) is 11.1 Å². The number of anilines is 1. The van der Waals surface area contributed by atoms with Crippen molar-refractivity contribution >= 4 is 62.2 Å². The molecule has 28 heavy (non-hydrogen) atoms. The highest BCUT2D eigenvalue weighted by Gasteiger charge is 2.27. The summed E-state index contributed by atoms with van der Waals surface area (Å²) < 4.78 is 3.59. The van der Waals surface area contributed by atoms with E-state index >= 15 is 0 Å². The zero-order chi connectivity index (χ0) is 20.4. The molecule has 0 saturated heterocycles. The average molecular weight is 434 g/mol. The van der Waals surface area contributed by atoms with E-state index in [1.165, 1.54) is 18.3 Å². The number of carbonyl (C=O) groups is 1. The minimum atomic E-state index is -0.163. The molecule has 0 aliphatic carbocycles. The Balaban J connectivity index is 2.35. The summed E-state index contributed by atoms with van der Waals surface area (Å²) in [6, 6.07) is 0. The summed E-state index contributed by atoms with van der Waals surface area (Å²) in [5, 5.41) is 4.02. The van der Waals surface area contributed by atoms with E-state index in [2.05, 4.69) is 27.1 Å². The summed E-state index contributed by atoms with van der Waals surface area (Å²) in [6.45, 7) is 13.0. The quantitative estimate of drug-likeness (QED) is 0.291. The first-order valence-corrected chi connectivity index (χ1v) is 11.0. The number of nitrogens with one attached hydrogen (secondary N) is 1. The summed E-state index contributed by atoms with van der Waals surface area (Å²) in [5.41, 5.74) is 2.11. The Hall–Kier alpha value is -2.08. The molecule has 0 fully saturated rings. The number of aryl methyl sites for hydroxylation is 2. The number of carbonyl (C=O) groups excluding carboxylic acids is 1. The number of imidazole rings is 1. The number of halogens is 1. The topological polar surface area (TPSA) is 64.2 Å². The monoisotopic (exact) mass is 433 g/mol. The lowest BCUT2D eigenvalue weighted by Gasteiger charge is -2.07. The van der Waals surface area contributed by atoms with E-state index < -0.39 is 0 Å². The Kier molecular flexibility index (Phi) is 6.28. The molecule has 9 heteroatoms. The van der Waals surface area contributed by atoms with Crippen molar-refractivity contribution < 1.29 is 4.79 Å². The van der Waals surface area contributed by atoms with Gasteiger partial charge >= 0.3 is 0 Å². The largest absolute Gasteiger partial charge is 0.359 e. The first-order chi connectivity index (χ1) is 13.4. The molecule has 0 aliphatic heterocycles. The summed E-state index contributed by atoms with van der Waals surface area (Å²) in [7, 11) is 1.89. The van der Waals surface area contributed by atoms with Crippen molar-refractivity contribution in [1.29, 1.82) is 0 Å². The van der Waals surface area contributed by atoms with Crippen molar-refractivity contribution in [3.63, 3.8) is 0 Å². The molecule has 146 valence electrons. The minimum Gasteiger partial charge on any atom is -0.359 e. The molecule has 0 bridgehead atoms. The third-order valence-electron chi connectivity index (χ3n) is 4.07. The van der Waals surface area contributed by atoms with Gasteiger partial charge in [-0.2, -0.15) is 0 Å². The van der Waals surface area contributed by atoms with Gasteiger partial charge in [-0.1, -0.05) is 31.5 Å². The fraction of sp³-hybridized carbons (Fsp3) is 0.368. The number of unbranched alkanes of at least 4 members (excludes halogenated alkanes) is 1. The SMILES string of the molecule is [C-]#[N+]c1nc(-c2nc(C)cn2C)c2c(NC(C)=O)c(SCCCC)sc2c1Cl. The number of thiophene rings is 1. The molecule has 3 rings (SSSR count). The van der Waals surface area contributed by atoms with Gasteiger partial charge < -0.3 is 14.7 Å². The van der Waals surface area contributed by atoms with Gasteiger partial charge in [0.25, 0.3) is 5.82 Å². The molecule has 0 unspecified atom stereocenters. The Bertz CT molecular complexity index is 1100. The fourth-order valence-electron chi connectivity index (χ4n) is 2.88. The van der Waals surface area contributed by atoms with E-state index in [4.69, 9.17) is 18.2 Å². The lowest BCUT2D eigenvalue weighted by atomic mass is 10.2. The fourth-order valence-corrected chi connectivity index (χ4v) is 5.74. The summed E-state index contributed by atoms with van der Waals surface area (Å²) in [6.07, 6.45) is 4.06. The number of pyridine rings is 1. The van der Waals surface area contributed by atoms with Crippen LogP contribution in [0.25, 0.3) is 26.4 Å². The Morgan fingerprint density at radius 1 is 1.46 bits per heavy atom. The summed E-state index contributed by atoms with van der Waals surface area (Å²) >= 11 is 9.69. The molecule has 6 nitrogen and oxygen atoms in total. The second-order valence-electron chi connectivity index (χ2n) is 6.38. The number of aromatic nitrogens is 3. The van der Waals surface area contributed by atoms with Gasteiger partial charge in [-0.3, -0.25) is 4.79 Å². The first kappa shape index (κ1) is 20.6. The first-order valence-electron chi connectivity index (χ1n) is 8.81. The predicted molar refractivity (Wildman–Crippen MR) is 118 cm³/mol. The predicted octanol–water partition coefficient (Wildman–Crippen LogP) is 6.06. The molecular formula is C19H20ClN5OS2. The molecule has 3 aromatic heterocycles. The molecule has 0 saturated carbocycles. The van der Waals surface area contributed by atoms with Crippen LogP contribution in [0.3, 0.4) is 0 Å². The van der Waals surface area contributed by atoms with E-state index in [0.717, 1.165) is 38.6 Å². The number of rotatable bonds is 6. The summed E-state index contributed by atoms with van der Waals surface area (Å²) in [4.78, 5) is 24.5. The van der Waals surface area contributed by atoms with E-state index in [1.54, 1.807) is 11.8 Å². The van der Waals surface area contributed by atoms with Gasteiger partial charge in [-0.15, -0.1) is 28.1 Å². The zero-order valence-electron chi connectivity index (χ0n) is 16.1. The number of thioether (sulfide) groups is 1. The molecule has 0 spiro atoms. The van der Waals surface area contributed by atoms with Crippen molar-refractivity contribution in [2.45, 2.75) is 37.8 Å². The smallest absolute Gasteiger partial charge is 0.290 e. The number of fused-ring (bicyclic) bond motifs is 1. The molecule has 1 N–H and O–H groups in total. The Morgan fingerprint density at radius 3 is 2.79 bits per heavy atom. The van der Waals surface area contributed by atoms with Gasteiger partial charge in [0.2, 0.25) is 11.6 Å². The average Bonchev–Trinajstić information content (AvgIpc) is 3.16. The molecule has 0 atom stereocenters. The third kappa shape index (κ3) is 3.88. The molecule has 1 amide bonds. The van der Waals surface area contributed by atoms with Crippen LogP contribution >= 0.6 is 34.7 Å². The van der Waals surface area contributed by atoms with E-state index in [1.807, 2.05) is 24.7 Å². The maximum atomic E-state index is 11.9. The highest BCUT2D eigenvalue weighted by atomic mass is 35.5. The van der Waals surface area contributed by atoms with Gasteiger partial charge in [0, 0.05) is 20.2 Å². The highest BCUT2D eigenvalue weighted by Crippen LogP contribution is 2.50. The lowest BCUT2D eigenvalue weighted by Crippen LogP contribution is -2.07. The summed E-state index contributed by atoms with van der Waals surface area (Å²) in [5.74, 6) is 1.56. The van der Waals surface area contributed by atoms with Crippen LogP contribution in [0.2, 0.25) is 5.02 Å². The second-order valence-corrected chi connectivity index (χ2v) is 9.14. The van der Waals surface area contributed by atoms with Crippen molar-refractivity contribution in [1.82, 2.24) is 14.5 Å². The number of hydrogen-bond acceptors (Lipinski definition) is 5. The van der Waals surface area contributed by atoms with E-state index in [0.29, 0.717) is 22.2 Å². The lowest BCUT2D eigenvalue weighted by molar-refractivity contribution is -0.114. The third-order valence-corrected chi connectivity index (χ3v) is 7.11. The van der Waals surface area contributed by atoms with Crippen LogP contribution in [-0.4, -0.2) is 26.2 Å². The molecule has 0 aromatic carbocycles. The van der Waals surface area contributed by atoms with Crippen LogP contribution in [0.4, 0.5) is 11.5 Å². The molecule has 0 aliphatic rings. The number of nitrogens with zero attached hydrogens (tertiary/aromatic N) is 4. The Morgan fingerprint density at radius 2 is 2.21 bits per heavy atom. The maximum absolute atomic E-state index is 11.9. The van der Waals surface area contributed by atoms with Crippen LogP contribution in [-0.2, 0) is 11.8 Å². The van der Waals surface area contributed by atoms with Crippen LogP contribution in [0.1, 0.15) is 32.4 Å². The maximum Gasteiger partial charge on any atom is 0.290 e. The number of hydrogen-bond donors (Lipinski definition) is 1. The second kappa shape index (κ2) is 8.52. The molecular weight excluding hydrogens is 414 g/mol. The zero-order valence-corrected chi connectivity index (χ0v) is 18.5. The highest BCUT2D eigenvalue weighted by molar-refractivity contribution is 8.01. The van der Waals surface area contributed by atoms with Crippen LogP contribution in [0.5, 0.6) is 0 Å². The van der Waals surface area contributed by atoms with Crippen LogP contribution in [0, 0.1) is 13.5 Å². The standard InChI is InChI=1S/C19H20ClN5OS2/c1-6-7-8-27-19-15(23-11(3)26)12-14(18-22-10(2)9-25(18)5)24-17(21-4)13(20)16(12)28-19/h9H,6-8H2,1-3,5H3,(H,23,26). The minimum absolute atomic E-state index is 0.144. The van der Waals surface area contributed by atoms with Crippen LogP contribution < -0.4 is 5.32 Å². The van der Waals surface area contributed by atoms with E-state index in [-0.39, 0.29) is 11.7 Å². The van der Waals surface area contributed by atoms with Gasteiger partial charge in [-0.05, 0) is 19.1 Å². The Labute approximate surface area is 177 Å². The molecule has 3 aromatic rings. The van der Waals surface area contributed by atoms with Crippen LogP contribution in [0.15, 0.2) is 10.4 Å². The van der Waals surface area contributed by atoms with Gasteiger partial charge in [0.05, 0.1) is 30.7 Å².